The van der Waals surface area contributed by atoms with E-state index < -0.39 is 0 Å². The predicted octanol–water partition coefficient (Wildman–Crippen LogP) is 4.46. The van der Waals surface area contributed by atoms with Crippen LogP contribution in [0.2, 0.25) is 0 Å². The van der Waals surface area contributed by atoms with Gasteiger partial charge in [0.2, 0.25) is 11.6 Å². The number of hydrogen-bond acceptors (Lipinski definition) is 5. The molecule has 23 heavy (non-hydrogen) atoms. The van der Waals surface area contributed by atoms with Gasteiger partial charge in [0.1, 0.15) is 6.07 Å². The quantitative estimate of drug-likeness (QED) is 0.605. The molecule has 0 unspecified atom stereocenters. The van der Waals surface area contributed by atoms with E-state index in [1.54, 1.807) is 6.21 Å². The van der Waals surface area contributed by atoms with Gasteiger partial charge >= 0.3 is 0 Å². The molecule has 0 bridgehead atoms. The summed E-state index contributed by atoms with van der Waals surface area (Å²) in [5.41, 5.74) is 5.29. The normalized spacial score (nSPS) is 11.1. The summed E-state index contributed by atoms with van der Waals surface area (Å²) in [6.45, 7) is 6.28. The number of benzene rings is 1. The highest BCUT2D eigenvalue weighted by molar-refractivity contribution is 5.80. The number of nitrogens with one attached hydrogen (secondary N) is 1. The lowest BCUT2D eigenvalue weighted by Gasteiger charge is -2.05. The van der Waals surface area contributed by atoms with Crippen molar-refractivity contribution in [1.82, 2.24) is 4.98 Å². The second-order valence-corrected chi connectivity index (χ2v) is 5.32. The highest BCUT2D eigenvalue weighted by atomic mass is 16.4. The Bertz CT molecular complexity index is 691. The highest BCUT2D eigenvalue weighted by Gasteiger charge is 2.18. The number of hydrogen-bond donors (Lipinski definition) is 1. The summed E-state index contributed by atoms with van der Waals surface area (Å²) >= 11 is 0. The zero-order valence-corrected chi connectivity index (χ0v) is 13.8. The Morgan fingerprint density at radius 2 is 1.96 bits per heavy atom. The molecular formula is C18H22N4O. The average molecular weight is 310 g/mol. The van der Waals surface area contributed by atoms with Gasteiger partial charge < -0.3 is 4.42 Å². The molecule has 0 radical (unpaired) electrons. The van der Waals surface area contributed by atoms with E-state index in [2.05, 4.69) is 48.4 Å². The smallest absolute Gasteiger partial charge is 0.252 e. The molecule has 1 aromatic carbocycles. The number of aryl methyl sites for hydroxylation is 1. The summed E-state index contributed by atoms with van der Waals surface area (Å²) in [6.07, 6.45) is 4.56. The Morgan fingerprint density at radius 1 is 1.26 bits per heavy atom. The lowest BCUT2D eigenvalue weighted by Crippen LogP contribution is -1.95. The van der Waals surface area contributed by atoms with Crippen LogP contribution in [0.4, 0.5) is 5.88 Å². The molecule has 1 heterocycles. The van der Waals surface area contributed by atoms with Crippen LogP contribution in [0, 0.1) is 11.3 Å². The van der Waals surface area contributed by atoms with Gasteiger partial charge in [-0.1, -0.05) is 45.0 Å². The van der Waals surface area contributed by atoms with Crippen LogP contribution in [-0.4, -0.2) is 11.2 Å². The first kappa shape index (κ1) is 16.8. The molecule has 1 aromatic heterocycles. The molecule has 5 heteroatoms. The van der Waals surface area contributed by atoms with Crippen LogP contribution in [0.1, 0.15) is 62.2 Å². The Balaban J connectivity index is 2.10. The van der Waals surface area contributed by atoms with E-state index in [0.717, 1.165) is 24.8 Å². The van der Waals surface area contributed by atoms with Crippen molar-refractivity contribution in [2.45, 2.75) is 46.0 Å². The fourth-order valence-corrected chi connectivity index (χ4v) is 2.31. The summed E-state index contributed by atoms with van der Waals surface area (Å²) < 4.78 is 5.67. The number of nitriles is 1. The second-order valence-electron chi connectivity index (χ2n) is 5.32. The molecule has 0 spiro atoms. The summed E-state index contributed by atoms with van der Waals surface area (Å²) in [5, 5.41) is 13.3. The van der Waals surface area contributed by atoms with Gasteiger partial charge in [-0.05, 0) is 30.4 Å². The van der Waals surface area contributed by atoms with Gasteiger partial charge in [0.15, 0.2) is 0 Å². The number of oxazole rings is 1. The molecule has 0 aliphatic rings. The van der Waals surface area contributed by atoms with Crippen LogP contribution < -0.4 is 5.43 Å². The third-order valence-corrected chi connectivity index (χ3v) is 3.85. The van der Waals surface area contributed by atoms with E-state index in [1.165, 1.54) is 5.56 Å². The van der Waals surface area contributed by atoms with Crippen LogP contribution in [0.15, 0.2) is 33.8 Å². The molecule has 1 N–H and O–H groups in total. The molecule has 2 aromatic rings. The van der Waals surface area contributed by atoms with Gasteiger partial charge in [0.25, 0.3) is 5.88 Å². The van der Waals surface area contributed by atoms with Gasteiger partial charge in [-0.15, -0.1) is 0 Å². The molecule has 0 aliphatic carbocycles. The number of aromatic nitrogens is 1. The number of nitrogens with zero attached hydrogens (tertiary/aromatic N) is 3. The molecule has 0 saturated carbocycles. The monoisotopic (exact) mass is 310 g/mol. The molecule has 0 amide bonds. The van der Waals surface area contributed by atoms with E-state index >= 15 is 0 Å². The van der Waals surface area contributed by atoms with Crippen molar-refractivity contribution in [1.29, 1.82) is 5.26 Å². The van der Waals surface area contributed by atoms with Gasteiger partial charge in [0, 0.05) is 5.92 Å². The van der Waals surface area contributed by atoms with Crippen molar-refractivity contribution < 1.29 is 4.42 Å². The standard InChI is InChI=1S/C18H22N4O/c1-4-13-7-9-14(10-8-13)12-20-22-18-16(11-19)21-17(23-18)15(5-2)6-3/h7-10,12,15,22H,4-6H2,1-3H3/b20-12+. The Morgan fingerprint density at radius 3 is 2.52 bits per heavy atom. The third kappa shape index (κ3) is 4.19. The Labute approximate surface area is 137 Å². The van der Waals surface area contributed by atoms with Gasteiger partial charge in [-0.3, -0.25) is 0 Å². The van der Waals surface area contributed by atoms with Crippen molar-refractivity contribution in [2.24, 2.45) is 5.10 Å². The van der Waals surface area contributed by atoms with Crippen molar-refractivity contribution in [2.75, 3.05) is 5.43 Å². The van der Waals surface area contributed by atoms with E-state index in [9.17, 15) is 0 Å². The molecule has 0 fully saturated rings. The Hall–Kier alpha value is -2.61. The lowest BCUT2D eigenvalue weighted by molar-refractivity contribution is 0.439. The first-order valence-corrected chi connectivity index (χ1v) is 8.00. The lowest BCUT2D eigenvalue weighted by atomic mass is 10.0. The molecule has 5 nitrogen and oxygen atoms in total. The first-order valence-electron chi connectivity index (χ1n) is 8.00. The van der Waals surface area contributed by atoms with E-state index in [4.69, 9.17) is 9.68 Å². The topological polar surface area (TPSA) is 74.2 Å². The number of rotatable bonds is 7. The van der Waals surface area contributed by atoms with Crippen LogP contribution >= 0.6 is 0 Å². The maximum absolute atomic E-state index is 9.17. The first-order chi connectivity index (χ1) is 11.2. The van der Waals surface area contributed by atoms with Gasteiger partial charge in [-0.2, -0.15) is 10.4 Å². The van der Waals surface area contributed by atoms with Gasteiger partial charge in [0.05, 0.1) is 6.21 Å². The largest absolute Gasteiger partial charge is 0.422 e. The minimum absolute atomic E-state index is 0.225. The summed E-state index contributed by atoms with van der Waals surface area (Å²) in [4.78, 5) is 4.25. The highest BCUT2D eigenvalue weighted by Crippen LogP contribution is 2.27. The second kappa shape index (κ2) is 8.14. The van der Waals surface area contributed by atoms with Crippen LogP contribution in [0.5, 0.6) is 0 Å². The predicted molar refractivity (Wildman–Crippen MR) is 91.6 cm³/mol. The maximum atomic E-state index is 9.17. The summed E-state index contributed by atoms with van der Waals surface area (Å²) in [6, 6.07) is 10.2. The van der Waals surface area contributed by atoms with Crippen molar-refractivity contribution in [3.63, 3.8) is 0 Å². The van der Waals surface area contributed by atoms with E-state index in [-0.39, 0.29) is 11.6 Å². The number of anilines is 1. The molecule has 120 valence electrons. The van der Waals surface area contributed by atoms with Crippen molar-refractivity contribution in [3.05, 3.63) is 47.0 Å². The van der Waals surface area contributed by atoms with Crippen LogP contribution in [0.3, 0.4) is 0 Å². The molecular weight excluding hydrogens is 288 g/mol. The van der Waals surface area contributed by atoms with E-state index in [0.29, 0.717) is 11.8 Å². The minimum Gasteiger partial charge on any atom is -0.422 e. The average Bonchev–Trinajstić information content (AvgIpc) is 2.99. The molecule has 0 atom stereocenters. The zero-order chi connectivity index (χ0) is 16.7. The minimum atomic E-state index is 0.225. The number of hydrazone groups is 1. The molecule has 2 rings (SSSR count). The van der Waals surface area contributed by atoms with Crippen molar-refractivity contribution >= 4 is 12.1 Å². The fraction of sp³-hybridized carbons (Fsp3) is 0.389. The van der Waals surface area contributed by atoms with Crippen LogP contribution in [0.25, 0.3) is 0 Å². The SMILES string of the molecule is CCc1ccc(/C=N/Nc2oc(C(CC)CC)nc2C#N)cc1. The summed E-state index contributed by atoms with van der Waals surface area (Å²) in [7, 11) is 0. The maximum Gasteiger partial charge on any atom is 0.252 e. The fourth-order valence-electron chi connectivity index (χ4n) is 2.31. The molecule has 0 saturated heterocycles. The van der Waals surface area contributed by atoms with Crippen molar-refractivity contribution in [3.8, 4) is 6.07 Å². The Kier molecular flexibility index (Phi) is 5.93. The zero-order valence-electron chi connectivity index (χ0n) is 13.8. The van der Waals surface area contributed by atoms with Gasteiger partial charge in [-0.25, -0.2) is 10.4 Å². The third-order valence-electron chi connectivity index (χ3n) is 3.85. The van der Waals surface area contributed by atoms with Crippen LogP contribution in [-0.2, 0) is 6.42 Å². The van der Waals surface area contributed by atoms with E-state index in [1.807, 2.05) is 18.2 Å². The summed E-state index contributed by atoms with van der Waals surface area (Å²) in [5.74, 6) is 1.12. The molecule has 0 aliphatic heterocycles.